The zero-order valence-electron chi connectivity index (χ0n) is 8.99. The molecular weight excluding hydrogens is 200 g/mol. The minimum atomic E-state index is 0.816. The number of fused-ring (bicyclic) bond motifs is 1. The lowest BCUT2D eigenvalue weighted by Gasteiger charge is -2.04. The monoisotopic (exact) mass is 211 g/mol. The summed E-state index contributed by atoms with van der Waals surface area (Å²) in [7, 11) is 0. The number of nitrogens with zero attached hydrogens (tertiary/aromatic N) is 3. The molecule has 4 nitrogen and oxygen atoms in total. The Bertz CT molecular complexity index is 574. The molecule has 0 spiro atoms. The Kier molecular flexibility index (Phi) is 2.06. The van der Waals surface area contributed by atoms with Gasteiger partial charge in [0.15, 0.2) is 0 Å². The maximum atomic E-state index is 4.58. The fourth-order valence-electron chi connectivity index (χ4n) is 1.79. The van der Waals surface area contributed by atoms with Gasteiger partial charge < -0.3 is 5.32 Å². The van der Waals surface area contributed by atoms with E-state index in [1.165, 1.54) is 0 Å². The van der Waals surface area contributed by atoms with Crippen LogP contribution in [0, 0.1) is 13.0 Å². The molecule has 79 valence electrons. The Morgan fingerprint density at radius 1 is 1.38 bits per heavy atom. The first-order chi connectivity index (χ1) is 7.84. The average Bonchev–Trinajstić information content (AvgIpc) is 2.83. The number of aromatic nitrogens is 2. The molecule has 1 aromatic carbocycles. The molecule has 1 N–H and O–H groups in total. The third-order valence-electron chi connectivity index (χ3n) is 2.61. The topological polar surface area (TPSA) is 50.2 Å². The summed E-state index contributed by atoms with van der Waals surface area (Å²) < 4.78 is 0. The first kappa shape index (κ1) is 9.27. The van der Waals surface area contributed by atoms with Crippen molar-refractivity contribution in [2.24, 2.45) is 4.99 Å². The van der Waals surface area contributed by atoms with Crippen molar-refractivity contribution in [3.63, 3.8) is 0 Å². The van der Waals surface area contributed by atoms with Gasteiger partial charge in [0.1, 0.15) is 11.5 Å². The van der Waals surface area contributed by atoms with Gasteiger partial charge in [-0.25, -0.2) is 4.98 Å². The summed E-state index contributed by atoms with van der Waals surface area (Å²) in [6.45, 7) is 3.72. The molecule has 1 aromatic heterocycles. The third-order valence-corrected chi connectivity index (χ3v) is 2.61. The number of hydrogen-bond donors (Lipinski definition) is 1. The summed E-state index contributed by atoms with van der Waals surface area (Å²) in [4.78, 5) is 13.3. The van der Waals surface area contributed by atoms with Gasteiger partial charge in [-0.3, -0.25) is 9.98 Å². The summed E-state index contributed by atoms with van der Waals surface area (Å²) in [5, 5.41) is 3.20. The maximum absolute atomic E-state index is 4.58. The van der Waals surface area contributed by atoms with E-state index in [0.29, 0.717) is 0 Å². The number of rotatable bonds is 1. The Morgan fingerprint density at radius 2 is 2.31 bits per heavy atom. The summed E-state index contributed by atoms with van der Waals surface area (Å²) >= 11 is 0. The first-order valence-corrected chi connectivity index (χ1v) is 5.27. The summed E-state index contributed by atoms with van der Waals surface area (Å²) in [6, 6.07) is 6.82. The van der Waals surface area contributed by atoms with Crippen molar-refractivity contribution < 1.29 is 0 Å². The van der Waals surface area contributed by atoms with Crippen LogP contribution < -0.4 is 5.32 Å². The van der Waals surface area contributed by atoms with Crippen LogP contribution >= 0.6 is 0 Å². The second-order valence-corrected chi connectivity index (χ2v) is 3.78. The lowest BCUT2D eigenvalue weighted by molar-refractivity contribution is 0.958. The molecule has 2 aromatic rings. The summed E-state index contributed by atoms with van der Waals surface area (Å²) in [5.41, 5.74) is 3.71. The second kappa shape index (κ2) is 3.56. The minimum Gasteiger partial charge on any atom is -0.367 e. The highest BCUT2D eigenvalue weighted by molar-refractivity contribution is 5.99. The van der Waals surface area contributed by atoms with E-state index in [1.54, 1.807) is 6.20 Å². The number of amidine groups is 1. The predicted molar refractivity (Wildman–Crippen MR) is 62.5 cm³/mol. The zero-order chi connectivity index (χ0) is 11.0. The van der Waals surface area contributed by atoms with E-state index in [-0.39, 0.29) is 0 Å². The predicted octanol–water partition coefficient (Wildman–Crippen LogP) is 1.09. The largest absolute Gasteiger partial charge is 0.367 e. The molecule has 0 aliphatic carbocycles. The van der Waals surface area contributed by atoms with Crippen molar-refractivity contribution in [3.8, 4) is 0 Å². The number of benzene rings is 1. The highest BCUT2D eigenvalue weighted by Gasteiger charge is 2.11. The normalized spacial score (nSPS) is 14.9. The molecule has 0 amide bonds. The minimum absolute atomic E-state index is 0.816. The van der Waals surface area contributed by atoms with Crippen LogP contribution in [0.25, 0.3) is 11.0 Å². The fraction of sp³-hybridized carbons (Fsp3) is 0.250. The van der Waals surface area contributed by atoms with Crippen molar-refractivity contribution in [1.29, 1.82) is 0 Å². The first-order valence-electron chi connectivity index (χ1n) is 5.27. The molecule has 16 heavy (non-hydrogen) atoms. The van der Waals surface area contributed by atoms with Crippen molar-refractivity contribution in [2.45, 2.75) is 6.92 Å². The van der Waals surface area contributed by atoms with Crippen LogP contribution in [0.4, 0.5) is 0 Å². The quantitative estimate of drug-likeness (QED) is 0.768. The highest BCUT2D eigenvalue weighted by Crippen LogP contribution is 2.13. The van der Waals surface area contributed by atoms with E-state index in [9.17, 15) is 0 Å². The third kappa shape index (κ3) is 1.43. The highest BCUT2D eigenvalue weighted by atomic mass is 15.1. The summed E-state index contributed by atoms with van der Waals surface area (Å²) in [6.07, 6.45) is 1.76. The van der Waals surface area contributed by atoms with Crippen LogP contribution in [-0.4, -0.2) is 28.9 Å². The van der Waals surface area contributed by atoms with E-state index in [4.69, 9.17) is 0 Å². The fourth-order valence-corrected chi connectivity index (χ4v) is 1.79. The van der Waals surface area contributed by atoms with Crippen LogP contribution in [-0.2, 0) is 0 Å². The maximum Gasteiger partial charge on any atom is 0.149 e. The molecule has 4 heteroatoms. The van der Waals surface area contributed by atoms with Crippen molar-refractivity contribution >= 4 is 16.9 Å². The summed E-state index contributed by atoms with van der Waals surface area (Å²) in [5.74, 6) is 0.849. The number of nitrogens with one attached hydrogen (secondary N) is 1. The van der Waals surface area contributed by atoms with Crippen molar-refractivity contribution in [1.82, 2.24) is 15.3 Å². The Morgan fingerprint density at radius 3 is 3.12 bits per heavy atom. The molecule has 0 fully saturated rings. The van der Waals surface area contributed by atoms with Crippen molar-refractivity contribution in [3.05, 3.63) is 35.7 Å². The standard InChI is InChI=1S/C12H11N4/c1-8-3-2-4-9-11(8)16-10(7-15-9)12-13-5-6-14-12/h3-4,7H,5-6H2,1H3,(H,13,14). The molecule has 0 saturated heterocycles. The van der Waals surface area contributed by atoms with Gasteiger partial charge in [-0.05, 0) is 30.7 Å². The van der Waals surface area contributed by atoms with Gasteiger partial charge in [0, 0.05) is 6.54 Å². The Balaban J connectivity index is 2.18. The van der Waals surface area contributed by atoms with Crippen LogP contribution in [0.1, 0.15) is 11.3 Å². The second-order valence-electron chi connectivity index (χ2n) is 3.78. The van der Waals surface area contributed by atoms with E-state index < -0.39 is 0 Å². The molecule has 1 aliphatic heterocycles. The van der Waals surface area contributed by atoms with E-state index in [0.717, 1.165) is 41.2 Å². The van der Waals surface area contributed by atoms with Gasteiger partial charge in [-0.1, -0.05) is 0 Å². The van der Waals surface area contributed by atoms with Gasteiger partial charge in [0.05, 0.1) is 23.8 Å². The van der Waals surface area contributed by atoms with Crippen molar-refractivity contribution in [2.75, 3.05) is 13.1 Å². The molecule has 0 bridgehead atoms. The van der Waals surface area contributed by atoms with Gasteiger partial charge in [0.25, 0.3) is 0 Å². The average molecular weight is 211 g/mol. The van der Waals surface area contributed by atoms with Gasteiger partial charge in [-0.15, -0.1) is 0 Å². The number of hydrogen-bond acceptors (Lipinski definition) is 4. The molecular formula is C12H11N4. The number of aliphatic imine (C=N–C) groups is 1. The van der Waals surface area contributed by atoms with Gasteiger partial charge in [-0.2, -0.15) is 0 Å². The molecule has 0 atom stereocenters. The SMILES string of the molecule is Cc1c[c]cc2ncc(C3=NCCN3)nc12. The van der Waals surface area contributed by atoms with Crippen LogP contribution in [0.2, 0.25) is 0 Å². The lowest BCUT2D eigenvalue weighted by Crippen LogP contribution is -2.20. The molecule has 1 aliphatic rings. The Hall–Kier alpha value is -1.97. The number of aryl methyl sites for hydroxylation is 1. The van der Waals surface area contributed by atoms with Gasteiger partial charge in [0.2, 0.25) is 0 Å². The van der Waals surface area contributed by atoms with E-state index >= 15 is 0 Å². The molecule has 0 saturated carbocycles. The zero-order valence-corrected chi connectivity index (χ0v) is 8.99. The molecule has 2 heterocycles. The smallest absolute Gasteiger partial charge is 0.149 e. The van der Waals surface area contributed by atoms with Gasteiger partial charge >= 0.3 is 0 Å². The van der Waals surface area contributed by atoms with Crippen LogP contribution in [0.3, 0.4) is 0 Å². The van der Waals surface area contributed by atoms with Crippen LogP contribution in [0.15, 0.2) is 23.3 Å². The molecule has 3 rings (SSSR count). The van der Waals surface area contributed by atoms with Crippen LogP contribution in [0.5, 0.6) is 0 Å². The van der Waals surface area contributed by atoms with E-state index in [1.807, 2.05) is 19.1 Å². The molecule has 1 radical (unpaired) electrons. The Labute approximate surface area is 93.5 Å². The molecule has 0 unspecified atom stereocenters. The lowest BCUT2D eigenvalue weighted by atomic mass is 10.2. The van der Waals surface area contributed by atoms with E-state index in [2.05, 4.69) is 26.3 Å².